The van der Waals surface area contributed by atoms with Gasteiger partial charge in [0.05, 0.1) is 17.0 Å². The van der Waals surface area contributed by atoms with E-state index in [1.807, 2.05) is 12.1 Å². The molecule has 0 bridgehead atoms. The van der Waals surface area contributed by atoms with Gasteiger partial charge in [-0.2, -0.15) is 4.31 Å². The molecule has 0 amide bonds. The van der Waals surface area contributed by atoms with Crippen LogP contribution in [0.5, 0.6) is 0 Å². The molecule has 5 nitrogen and oxygen atoms in total. The third-order valence-corrected chi connectivity index (χ3v) is 7.20. The van der Waals surface area contributed by atoms with Crippen molar-refractivity contribution in [1.29, 1.82) is 0 Å². The number of pyridine rings is 1. The number of hydrogen-bond acceptors (Lipinski definition) is 4. The van der Waals surface area contributed by atoms with Crippen LogP contribution in [0.2, 0.25) is 5.02 Å². The molecule has 0 saturated heterocycles. The number of rotatable bonds is 4. The summed E-state index contributed by atoms with van der Waals surface area (Å²) in [6.07, 6.45) is 2.70. The van der Waals surface area contributed by atoms with Gasteiger partial charge in [0.1, 0.15) is 0 Å². The number of nitrogens with zero attached hydrogens (tertiary/aromatic N) is 2. The molecule has 1 aromatic heterocycles. The summed E-state index contributed by atoms with van der Waals surface area (Å²) in [7, 11) is -3.76. The summed E-state index contributed by atoms with van der Waals surface area (Å²) in [6, 6.07) is 16.8. The van der Waals surface area contributed by atoms with Crippen molar-refractivity contribution in [3.63, 3.8) is 0 Å². The fourth-order valence-electron chi connectivity index (χ4n) is 3.57. The van der Waals surface area contributed by atoms with Crippen molar-refractivity contribution in [3.8, 4) is 0 Å². The van der Waals surface area contributed by atoms with Gasteiger partial charge in [-0.25, -0.2) is 8.42 Å². The van der Waals surface area contributed by atoms with E-state index in [9.17, 15) is 13.5 Å². The molecule has 0 aliphatic carbocycles. The monoisotopic (exact) mass is 414 g/mol. The van der Waals surface area contributed by atoms with Crippen molar-refractivity contribution < 1.29 is 13.5 Å². The first-order valence-corrected chi connectivity index (χ1v) is 10.7. The zero-order valence-electron chi connectivity index (χ0n) is 14.9. The van der Waals surface area contributed by atoms with Gasteiger partial charge in [-0.05, 0) is 47.9 Å². The Morgan fingerprint density at radius 2 is 1.64 bits per heavy atom. The molecule has 4 rings (SSSR count). The lowest BCUT2D eigenvalue weighted by atomic mass is 9.95. The number of aliphatic hydroxyl groups is 1. The molecule has 3 aromatic rings. The number of fused-ring (bicyclic) bond motifs is 1. The van der Waals surface area contributed by atoms with Gasteiger partial charge in [0.2, 0.25) is 10.0 Å². The summed E-state index contributed by atoms with van der Waals surface area (Å²) >= 11 is 5.97. The second kappa shape index (κ2) is 7.64. The Labute approximate surface area is 169 Å². The minimum atomic E-state index is -3.76. The number of aliphatic hydroxyl groups excluding tert-OH is 1. The number of benzene rings is 2. The predicted octanol–water partition coefficient (Wildman–Crippen LogP) is 3.58. The van der Waals surface area contributed by atoms with Crippen LogP contribution in [-0.2, 0) is 23.0 Å². The molecule has 7 heteroatoms. The van der Waals surface area contributed by atoms with Crippen LogP contribution in [0, 0.1) is 0 Å². The highest BCUT2D eigenvalue weighted by atomic mass is 35.5. The van der Waals surface area contributed by atoms with Crippen molar-refractivity contribution >= 4 is 21.6 Å². The Kier molecular flexibility index (Phi) is 5.21. The van der Waals surface area contributed by atoms with E-state index in [-0.39, 0.29) is 11.4 Å². The van der Waals surface area contributed by atoms with E-state index < -0.39 is 22.2 Å². The SMILES string of the molecule is O=S1(=O)c2ccccc2[C@H](O)[C@@H](Cc2ccc(Cl)cc2)N1Cc1ccncc1. The summed E-state index contributed by atoms with van der Waals surface area (Å²) < 4.78 is 28.2. The van der Waals surface area contributed by atoms with Gasteiger partial charge in [-0.15, -0.1) is 0 Å². The van der Waals surface area contributed by atoms with Crippen molar-refractivity contribution in [2.45, 2.75) is 30.0 Å². The highest BCUT2D eigenvalue weighted by molar-refractivity contribution is 7.89. The van der Waals surface area contributed by atoms with Gasteiger partial charge in [0, 0.05) is 29.5 Å². The molecule has 0 saturated carbocycles. The van der Waals surface area contributed by atoms with Gasteiger partial charge >= 0.3 is 0 Å². The van der Waals surface area contributed by atoms with Crippen molar-refractivity contribution in [2.75, 3.05) is 0 Å². The lowest BCUT2D eigenvalue weighted by Crippen LogP contribution is -2.48. The van der Waals surface area contributed by atoms with E-state index in [1.165, 1.54) is 4.31 Å². The number of halogens is 1. The second-order valence-corrected chi connectivity index (χ2v) is 9.08. The van der Waals surface area contributed by atoms with Crippen LogP contribution in [0.4, 0.5) is 0 Å². The molecule has 2 heterocycles. The quantitative estimate of drug-likeness (QED) is 0.708. The van der Waals surface area contributed by atoms with Gasteiger partial charge < -0.3 is 5.11 Å². The molecule has 1 aliphatic rings. The molecule has 0 unspecified atom stereocenters. The van der Waals surface area contributed by atoms with Gasteiger partial charge in [-0.1, -0.05) is 41.9 Å². The lowest BCUT2D eigenvalue weighted by molar-refractivity contribution is 0.0769. The molecular formula is C21H19ClN2O3S. The molecule has 0 fully saturated rings. The third-order valence-electron chi connectivity index (χ3n) is 5.00. The minimum absolute atomic E-state index is 0.156. The Hall–Kier alpha value is -2.25. The lowest BCUT2D eigenvalue weighted by Gasteiger charge is -2.39. The number of hydrogen-bond donors (Lipinski definition) is 1. The van der Waals surface area contributed by atoms with Crippen molar-refractivity contribution in [3.05, 3.63) is 94.8 Å². The summed E-state index contributed by atoms with van der Waals surface area (Å²) in [6.45, 7) is 0.161. The molecule has 2 aromatic carbocycles. The van der Waals surface area contributed by atoms with E-state index in [4.69, 9.17) is 11.6 Å². The number of sulfonamides is 1. The summed E-state index contributed by atoms with van der Waals surface area (Å²) in [5.41, 5.74) is 2.15. The molecule has 1 aliphatic heterocycles. The largest absolute Gasteiger partial charge is 0.387 e. The van der Waals surface area contributed by atoms with E-state index in [1.54, 1.807) is 60.9 Å². The average Bonchev–Trinajstić information content (AvgIpc) is 2.71. The van der Waals surface area contributed by atoms with Crippen LogP contribution >= 0.6 is 11.6 Å². The number of aromatic nitrogens is 1. The zero-order valence-corrected chi connectivity index (χ0v) is 16.5. The molecule has 0 spiro atoms. The standard InChI is InChI=1S/C21H19ClN2O3S/c22-17-7-5-15(6-8-17)13-19-21(25)18-3-1-2-4-20(18)28(26,27)24(19)14-16-9-11-23-12-10-16/h1-12,19,21,25H,13-14H2/t19-,21+/m1/s1. The van der Waals surface area contributed by atoms with Gasteiger partial charge in [-0.3, -0.25) is 4.98 Å². The van der Waals surface area contributed by atoms with Crippen LogP contribution in [0.25, 0.3) is 0 Å². The summed E-state index contributed by atoms with van der Waals surface area (Å²) in [4.78, 5) is 4.15. The molecule has 28 heavy (non-hydrogen) atoms. The fourth-order valence-corrected chi connectivity index (χ4v) is 5.56. The Balaban J connectivity index is 1.78. The predicted molar refractivity (Wildman–Crippen MR) is 107 cm³/mol. The maximum absolute atomic E-state index is 13.4. The molecule has 144 valence electrons. The first-order valence-electron chi connectivity index (χ1n) is 8.89. The Morgan fingerprint density at radius 1 is 0.964 bits per heavy atom. The van der Waals surface area contributed by atoms with Gasteiger partial charge in [0.15, 0.2) is 0 Å². The third kappa shape index (κ3) is 3.56. The van der Waals surface area contributed by atoms with Crippen molar-refractivity contribution in [1.82, 2.24) is 9.29 Å². The first kappa shape index (κ1) is 19.1. The minimum Gasteiger partial charge on any atom is -0.387 e. The average molecular weight is 415 g/mol. The van der Waals surface area contributed by atoms with E-state index in [0.29, 0.717) is 17.0 Å². The fraction of sp³-hybridized carbons (Fsp3) is 0.190. The highest BCUT2D eigenvalue weighted by Gasteiger charge is 2.43. The Morgan fingerprint density at radius 3 is 2.36 bits per heavy atom. The van der Waals surface area contributed by atoms with Crippen LogP contribution < -0.4 is 0 Å². The summed E-state index contributed by atoms with van der Waals surface area (Å²) in [5.74, 6) is 0. The second-order valence-electron chi connectivity index (χ2n) is 6.79. The van der Waals surface area contributed by atoms with Crippen molar-refractivity contribution in [2.24, 2.45) is 0 Å². The van der Waals surface area contributed by atoms with Crippen LogP contribution in [0.1, 0.15) is 22.8 Å². The normalized spacial score (nSPS) is 21.2. The topological polar surface area (TPSA) is 70.5 Å². The zero-order chi connectivity index (χ0) is 19.7. The highest BCUT2D eigenvalue weighted by Crippen LogP contribution is 2.38. The van der Waals surface area contributed by atoms with Crippen LogP contribution in [0.3, 0.4) is 0 Å². The van der Waals surface area contributed by atoms with Gasteiger partial charge in [0.25, 0.3) is 0 Å². The van der Waals surface area contributed by atoms with Crippen LogP contribution in [-0.4, -0.2) is 28.9 Å². The molecule has 0 radical (unpaired) electrons. The first-order chi connectivity index (χ1) is 13.5. The smallest absolute Gasteiger partial charge is 0.244 e. The van der Waals surface area contributed by atoms with E-state index in [0.717, 1.165) is 11.1 Å². The summed E-state index contributed by atoms with van der Waals surface area (Å²) in [5, 5.41) is 11.7. The maximum atomic E-state index is 13.4. The molecule has 1 N–H and O–H groups in total. The molecular weight excluding hydrogens is 396 g/mol. The molecule has 2 atom stereocenters. The maximum Gasteiger partial charge on any atom is 0.244 e. The Bertz CT molecular complexity index is 1070. The van der Waals surface area contributed by atoms with E-state index in [2.05, 4.69) is 4.98 Å². The van der Waals surface area contributed by atoms with E-state index >= 15 is 0 Å². The van der Waals surface area contributed by atoms with Crippen LogP contribution in [0.15, 0.2) is 78.0 Å².